The highest BCUT2D eigenvalue weighted by Gasteiger charge is 2.39. The van der Waals surface area contributed by atoms with Crippen LogP contribution < -0.4 is 9.80 Å². The highest BCUT2D eigenvalue weighted by atomic mass is 35.5. The Balaban J connectivity index is 0.00000253. The third-order valence-electron chi connectivity index (χ3n) is 7.71. The molecule has 3 aliphatic rings. The minimum absolute atomic E-state index is 0. The van der Waals surface area contributed by atoms with E-state index in [1.54, 1.807) is 0 Å². The number of piperidine rings is 1. The van der Waals surface area contributed by atoms with Gasteiger partial charge in [0.05, 0.1) is 18.9 Å². The second-order valence-electron chi connectivity index (χ2n) is 9.62. The molecular weight excluding hydrogens is 460 g/mol. The van der Waals surface area contributed by atoms with Crippen molar-refractivity contribution in [2.24, 2.45) is 0 Å². The number of benzene rings is 2. The third-order valence-corrected chi connectivity index (χ3v) is 7.71. The molecule has 4 heterocycles. The summed E-state index contributed by atoms with van der Waals surface area (Å²) >= 11 is 0. The molecule has 3 aromatic rings. The van der Waals surface area contributed by atoms with Crippen LogP contribution in [0.2, 0.25) is 0 Å². The van der Waals surface area contributed by atoms with E-state index >= 15 is 0 Å². The molecule has 0 aliphatic carbocycles. The monoisotopic (exact) mass is 494 g/mol. The number of anilines is 2. The van der Waals surface area contributed by atoms with Crippen LogP contribution in [0.4, 0.5) is 11.5 Å². The molecule has 35 heavy (non-hydrogen) atoms. The van der Waals surface area contributed by atoms with E-state index in [1.165, 1.54) is 22.0 Å². The molecule has 0 unspecified atom stereocenters. The first kappa shape index (κ1) is 24.3. The zero-order valence-corrected chi connectivity index (χ0v) is 21.3. The van der Waals surface area contributed by atoms with E-state index in [4.69, 9.17) is 14.5 Å². The summed E-state index contributed by atoms with van der Waals surface area (Å²) in [5.41, 5.74) is 3.47. The van der Waals surface area contributed by atoms with Gasteiger partial charge in [0.15, 0.2) is 5.79 Å². The second-order valence-corrected chi connectivity index (χ2v) is 9.62. The summed E-state index contributed by atoms with van der Waals surface area (Å²) in [5, 5.41) is 2.49. The van der Waals surface area contributed by atoms with Crippen LogP contribution in [-0.2, 0) is 9.47 Å². The average molecular weight is 495 g/mol. The topological polar surface area (TPSA) is 41.1 Å². The molecule has 0 radical (unpaired) electrons. The lowest BCUT2D eigenvalue weighted by Crippen LogP contribution is -2.46. The Hall–Kier alpha value is -2.38. The van der Waals surface area contributed by atoms with Crippen molar-refractivity contribution in [3.63, 3.8) is 0 Å². The van der Waals surface area contributed by atoms with Gasteiger partial charge in [-0.05, 0) is 30.1 Å². The minimum atomic E-state index is -0.329. The van der Waals surface area contributed by atoms with Gasteiger partial charge in [-0.25, -0.2) is 4.98 Å². The lowest BCUT2D eigenvalue weighted by molar-refractivity contribution is -0.169. The molecule has 3 fully saturated rings. The summed E-state index contributed by atoms with van der Waals surface area (Å²) < 4.78 is 11.8. The molecule has 0 saturated carbocycles. The van der Waals surface area contributed by atoms with Crippen LogP contribution >= 0.6 is 12.4 Å². The molecule has 3 saturated heterocycles. The first-order valence-electron chi connectivity index (χ1n) is 12.7. The summed E-state index contributed by atoms with van der Waals surface area (Å²) in [5.74, 6) is 0.788. The number of nitrogens with zero attached hydrogens (tertiary/aromatic N) is 4. The van der Waals surface area contributed by atoms with Gasteiger partial charge in [0.25, 0.3) is 0 Å². The Morgan fingerprint density at radius 2 is 1.51 bits per heavy atom. The van der Waals surface area contributed by atoms with Gasteiger partial charge in [-0.1, -0.05) is 43.3 Å². The van der Waals surface area contributed by atoms with E-state index in [-0.39, 0.29) is 18.2 Å². The molecule has 0 bridgehead atoms. The summed E-state index contributed by atoms with van der Waals surface area (Å²) in [6.07, 6.45) is 1.85. The molecule has 6 rings (SSSR count). The summed E-state index contributed by atoms with van der Waals surface area (Å²) in [6, 6.07) is 19.8. The predicted molar refractivity (Wildman–Crippen MR) is 145 cm³/mol. The Morgan fingerprint density at radius 1 is 0.829 bits per heavy atom. The minimum Gasteiger partial charge on any atom is -0.371 e. The lowest BCUT2D eigenvalue weighted by Gasteiger charge is -2.38. The van der Waals surface area contributed by atoms with Crippen LogP contribution in [0.15, 0.2) is 54.6 Å². The predicted octanol–water partition coefficient (Wildman–Crippen LogP) is 4.81. The number of aromatic nitrogens is 1. The van der Waals surface area contributed by atoms with Gasteiger partial charge in [-0.3, -0.25) is 0 Å². The summed E-state index contributed by atoms with van der Waals surface area (Å²) in [6.45, 7) is 11.0. The van der Waals surface area contributed by atoms with Crippen LogP contribution in [0, 0.1) is 0 Å². The molecule has 2 aromatic carbocycles. The Bertz CT molecular complexity index is 1130. The molecule has 3 aliphatic heterocycles. The standard InChI is InChI=1S/C28H34N4O2.ClH/c1-2-30-15-17-32(18-16-30)27-25-6-4-3-5-23(25)21-26(29-27)22-7-9-24(10-8-22)31-13-11-28(12-14-31)33-19-20-34-28;/h3-10,21H,2,11-20H2,1H3;1H. The van der Waals surface area contributed by atoms with Crippen LogP contribution in [0.1, 0.15) is 19.8 Å². The van der Waals surface area contributed by atoms with Gasteiger partial charge in [0.1, 0.15) is 5.82 Å². The zero-order valence-electron chi connectivity index (χ0n) is 20.5. The number of hydrogen-bond acceptors (Lipinski definition) is 6. The molecule has 0 N–H and O–H groups in total. The number of halogens is 1. The molecule has 1 spiro atoms. The Kier molecular flexibility index (Phi) is 7.17. The van der Waals surface area contributed by atoms with Gasteiger partial charge in [-0.15, -0.1) is 12.4 Å². The van der Waals surface area contributed by atoms with Gasteiger partial charge in [0, 0.05) is 68.7 Å². The fourth-order valence-electron chi connectivity index (χ4n) is 5.58. The van der Waals surface area contributed by atoms with Crippen LogP contribution in [0.5, 0.6) is 0 Å². The molecule has 7 heteroatoms. The molecule has 186 valence electrons. The third kappa shape index (κ3) is 4.85. The number of piperazine rings is 1. The number of likely N-dealkylation sites (N-methyl/N-ethyl adjacent to an activating group) is 1. The van der Waals surface area contributed by atoms with Crippen molar-refractivity contribution < 1.29 is 9.47 Å². The van der Waals surface area contributed by atoms with Crippen molar-refractivity contribution in [2.75, 3.05) is 68.8 Å². The highest BCUT2D eigenvalue weighted by Crippen LogP contribution is 2.35. The van der Waals surface area contributed by atoms with Crippen LogP contribution in [-0.4, -0.2) is 74.7 Å². The van der Waals surface area contributed by atoms with Gasteiger partial charge >= 0.3 is 0 Å². The van der Waals surface area contributed by atoms with Crippen LogP contribution in [0.3, 0.4) is 0 Å². The number of rotatable bonds is 4. The zero-order chi connectivity index (χ0) is 23.0. The molecule has 1 aromatic heterocycles. The summed E-state index contributed by atoms with van der Waals surface area (Å²) in [4.78, 5) is 12.6. The Morgan fingerprint density at radius 3 is 2.20 bits per heavy atom. The number of fused-ring (bicyclic) bond motifs is 1. The van der Waals surface area contributed by atoms with Gasteiger partial charge < -0.3 is 24.2 Å². The van der Waals surface area contributed by atoms with Crippen LogP contribution in [0.25, 0.3) is 22.0 Å². The lowest BCUT2D eigenvalue weighted by atomic mass is 10.0. The van der Waals surface area contributed by atoms with E-state index in [9.17, 15) is 0 Å². The van der Waals surface area contributed by atoms with E-state index in [2.05, 4.69) is 76.2 Å². The van der Waals surface area contributed by atoms with Crippen molar-refractivity contribution in [3.8, 4) is 11.3 Å². The highest BCUT2D eigenvalue weighted by molar-refractivity contribution is 5.95. The molecule has 0 amide bonds. The fourth-order valence-corrected chi connectivity index (χ4v) is 5.58. The van der Waals surface area contributed by atoms with Crippen molar-refractivity contribution in [1.82, 2.24) is 9.88 Å². The smallest absolute Gasteiger partial charge is 0.171 e. The summed E-state index contributed by atoms with van der Waals surface area (Å²) in [7, 11) is 0. The van der Waals surface area contributed by atoms with E-state index < -0.39 is 0 Å². The molecule has 0 atom stereocenters. The van der Waals surface area contributed by atoms with Gasteiger partial charge in [0.2, 0.25) is 0 Å². The number of pyridine rings is 1. The van der Waals surface area contributed by atoms with Crippen molar-refractivity contribution >= 4 is 34.7 Å². The van der Waals surface area contributed by atoms with Crippen molar-refractivity contribution in [2.45, 2.75) is 25.6 Å². The first-order valence-corrected chi connectivity index (χ1v) is 12.7. The average Bonchev–Trinajstić information content (AvgIpc) is 3.36. The number of hydrogen-bond donors (Lipinski definition) is 0. The fraction of sp³-hybridized carbons (Fsp3) is 0.464. The molecular formula is C28H35ClN4O2. The van der Waals surface area contributed by atoms with E-state index in [0.717, 1.165) is 83.4 Å². The van der Waals surface area contributed by atoms with Gasteiger partial charge in [-0.2, -0.15) is 0 Å². The second kappa shape index (κ2) is 10.3. The Labute approximate surface area is 214 Å². The number of ether oxygens (including phenoxy) is 2. The SMILES string of the molecule is CCN1CCN(c2nc(-c3ccc(N4CCC5(CC4)OCCO5)cc3)cc3ccccc23)CC1.Cl. The van der Waals surface area contributed by atoms with E-state index in [1.807, 2.05) is 0 Å². The molecule has 6 nitrogen and oxygen atoms in total. The van der Waals surface area contributed by atoms with Crippen molar-refractivity contribution in [3.05, 3.63) is 54.6 Å². The quantitative estimate of drug-likeness (QED) is 0.518. The van der Waals surface area contributed by atoms with E-state index in [0.29, 0.717) is 0 Å². The maximum Gasteiger partial charge on any atom is 0.171 e. The maximum absolute atomic E-state index is 5.89. The first-order chi connectivity index (χ1) is 16.7. The normalized spacial score (nSPS) is 20.4. The largest absolute Gasteiger partial charge is 0.371 e. The maximum atomic E-state index is 5.89. The van der Waals surface area contributed by atoms with Crippen molar-refractivity contribution in [1.29, 1.82) is 0 Å².